The Hall–Kier alpha value is -2.62. The Kier molecular flexibility index (Phi) is 6.88. The number of fused-ring (bicyclic) bond motifs is 1. The summed E-state index contributed by atoms with van der Waals surface area (Å²) in [6.07, 6.45) is 4.76. The van der Waals surface area contributed by atoms with E-state index >= 15 is 0 Å². The first kappa shape index (κ1) is 26.6. The molecule has 2 atom stereocenters. The van der Waals surface area contributed by atoms with Crippen molar-refractivity contribution in [1.82, 2.24) is 15.1 Å². The van der Waals surface area contributed by atoms with E-state index in [2.05, 4.69) is 15.5 Å². The van der Waals surface area contributed by atoms with Gasteiger partial charge in [-0.1, -0.05) is 18.9 Å². The van der Waals surface area contributed by atoms with Crippen LogP contribution in [0.3, 0.4) is 0 Å². The van der Waals surface area contributed by atoms with E-state index in [1.54, 1.807) is 11.0 Å². The summed E-state index contributed by atoms with van der Waals surface area (Å²) in [6, 6.07) is 5.19. The molecule has 7 nitrogen and oxygen atoms in total. The molecule has 1 unspecified atom stereocenters. The summed E-state index contributed by atoms with van der Waals surface area (Å²) in [5.74, 6) is -1.37. The van der Waals surface area contributed by atoms with Crippen molar-refractivity contribution in [3.05, 3.63) is 29.3 Å². The lowest BCUT2D eigenvalue weighted by molar-refractivity contribution is -0.171. The number of piperidine rings is 1. The Morgan fingerprint density at radius 3 is 2.46 bits per heavy atom. The monoisotopic (exact) mass is 546 g/mol. The van der Waals surface area contributed by atoms with Crippen LogP contribution in [0.4, 0.5) is 18.9 Å². The summed E-state index contributed by atoms with van der Waals surface area (Å²) < 4.78 is 39.8. The topological polar surface area (TPSA) is 81.8 Å². The van der Waals surface area contributed by atoms with Gasteiger partial charge in [0.05, 0.1) is 5.92 Å². The molecule has 2 saturated heterocycles. The van der Waals surface area contributed by atoms with Crippen molar-refractivity contribution < 1.29 is 27.6 Å². The molecule has 212 valence electrons. The average Bonchev–Trinajstić information content (AvgIpc) is 3.48. The zero-order valence-corrected chi connectivity index (χ0v) is 22.2. The molecule has 3 aliphatic heterocycles. The van der Waals surface area contributed by atoms with Gasteiger partial charge in [0.25, 0.3) is 5.91 Å². The lowest BCUT2D eigenvalue weighted by atomic mass is 9.75. The number of likely N-dealkylation sites (tertiary alicyclic amines) is 1. The van der Waals surface area contributed by atoms with E-state index < -0.39 is 24.0 Å². The van der Waals surface area contributed by atoms with Crippen LogP contribution in [0.25, 0.3) is 0 Å². The van der Waals surface area contributed by atoms with Gasteiger partial charge in [-0.05, 0) is 76.0 Å². The molecule has 0 spiro atoms. The second kappa shape index (κ2) is 10.1. The molecule has 2 N–H and O–H groups in total. The Balaban J connectivity index is 1.17. The first-order valence-corrected chi connectivity index (χ1v) is 14.5. The maximum Gasteiger partial charge on any atom is 0.393 e. The number of alkyl halides is 3. The van der Waals surface area contributed by atoms with Crippen molar-refractivity contribution in [2.45, 2.75) is 101 Å². The van der Waals surface area contributed by atoms with Crippen molar-refractivity contribution in [2.24, 2.45) is 11.8 Å². The molecule has 4 fully saturated rings. The number of hydrogen-bond acceptors (Lipinski definition) is 5. The first-order valence-electron chi connectivity index (χ1n) is 14.5. The van der Waals surface area contributed by atoms with Crippen molar-refractivity contribution in [2.75, 3.05) is 18.4 Å². The maximum atomic E-state index is 13.3. The number of amides is 3. The molecule has 10 heteroatoms. The fourth-order valence-electron chi connectivity index (χ4n) is 7.22. The van der Waals surface area contributed by atoms with Crippen LogP contribution in [0.5, 0.6) is 0 Å². The predicted octanol–water partition coefficient (Wildman–Crippen LogP) is 4.62. The summed E-state index contributed by atoms with van der Waals surface area (Å²) in [7, 11) is 0. The smallest absolute Gasteiger partial charge is 0.379 e. The second-order valence-electron chi connectivity index (χ2n) is 12.4. The van der Waals surface area contributed by atoms with Gasteiger partial charge in [0, 0.05) is 47.9 Å². The molecule has 3 amide bonds. The molecule has 0 aromatic heterocycles. The van der Waals surface area contributed by atoms with Crippen LogP contribution in [0.2, 0.25) is 0 Å². The zero-order chi connectivity index (χ0) is 27.4. The SMILES string of the molecule is O=C1CCC(N2Cc3c(NC4(CCC5CC5)CCC(N5CC[C@@H](C(F)(F)F)C5)CC4)cccc3C2=O)C(=O)N1. The maximum absolute atomic E-state index is 13.3. The van der Waals surface area contributed by atoms with Crippen molar-refractivity contribution >= 4 is 23.4 Å². The van der Waals surface area contributed by atoms with Crippen LogP contribution < -0.4 is 10.6 Å². The highest BCUT2D eigenvalue weighted by Gasteiger charge is 2.47. The number of anilines is 1. The molecule has 2 aliphatic carbocycles. The molecule has 5 aliphatic rings. The summed E-state index contributed by atoms with van der Waals surface area (Å²) in [5.41, 5.74) is 2.21. The van der Waals surface area contributed by atoms with Crippen molar-refractivity contribution in [3.8, 4) is 0 Å². The minimum absolute atomic E-state index is 0.112. The van der Waals surface area contributed by atoms with Gasteiger partial charge in [0.15, 0.2) is 0 Å². The molecular formula is C29H37F3N4O3. The number of rotatable bonds is 7. The van der Waals surface area contributed by atoms with E-state index in [4.69, 9.17) is 0 Å². The summed E-state index contributed by atoms with van der Waals surface area (Å²) >= 11 is 0. The van der Waals surface area contributed by atoms with Crippen LogP contribution in [-0.2, 0) is 16.1 Å². The second-order valence-corrected chi connectivity index (χ2v) is 12.4. The van der Waals surface area contributed by atoms with E-state index in [1.165, 1.54) is 12.8 Å². The summed E-state index contributed by atoms with van der Waals surface area (Å²) in [6.45, 7) is 0.945. The van der Waals surface area contributed by atoms with Gasteiger partial charge in [-0.15, -0.1) is 0 Å². The van der Waals surface area contributed by atoms with E-state index in [0.29, 0.717) is 25.1 Å². The van der Waals surface area contributed by atoms with Crippen LogP contribution in [0.1, 0.15) is 86.6 Å². The minimum Gasteiger partial charge on any atom is -0.379 e. The molecular weight excluding hydrogens is 509 g/mol. The number of carbonyl (C=O) groups is 3. The zero-order valence-electron chi connectivity index (χ0n) is 22.2. The third kappa shape index (κ3) is 5.41. The van der Waals surface area contributed by atoms with Gasteiger partial charge in [-0.3, -0.25) is 24.6 Å². The highest BCUT2D eigenvalue weighted by atomic mass is 19.4. The largest absolute Gasteiger partial charge is 0.393 e. The minimum atomic E-state index is -4.12. The number of carbonyl (C=O) groups excluding carboxylic acids is 3. The first-order chi connectivity index (χ1) is 18.6. The molecule has 0 radical (unpaired) electrons. The number of hydrogen-bond donors (Lipinski definition) is 2. The van der Waals surface area contributed by atoms with E-state index in [0.717, 1.165) is 55.7 Å². The average molecular weight is 547 g/mol. The molecule has 3 heterocycles. The summed E-state index contributed by atoms with van der Waals surface area (Å²) in [5, 5.41) is 6.21. The Morgan fingerprint density at radius 1 is 1.03 bits per heavy atom. The standard InChI is InChI=1S/C29H37F3N4O3/c30-29(31,32)19-11-15-35(16-19)20-9-13-28(14-10-20,12-8-18-4-5-18)34-23-3-1-2-21-22(23)17-36(27(21)39)24-6-7-25(37)33-26(24)38/h1-3,18-20,24,34H,4-17H2,(H,33,37,38)/t19-,20?,24?,28?/m1/s1. The Labute approximate surface area is 226 Å². The van der Waals surface area contributed by atoms with Gasteiger partial charge in [0.2, 0.25) is 11.8 Å². The number of nitrogens with one attached hydrogen (secondary N) is 2. The number of halogens is 3. The lowest BCUT2D eigenvalue weighted by Gasteiger charge is -2.44. The molecule has 1 aromatic carbocycles. The van der Waals surface area contributed by atoms with Crippen LogP contribution in [0, 0.1) is 11.8 Å². The van der Waals surface area contributed by atoms with Gasteiger partial charge < -0.3 is 10.2 Å². The molecule has 39 heavy (non-hydrogen) atoms. The van der Waals surface area contributed by atoms with Crippen LogP contribution in [0.15, 0.2) is 18.2 Å². The predicted molar refractivity (Wildman–Crippen MR) is 139 cm³/mol. The highest BCUT2D eigenvalue weighted by Crippen LogP contribution is 2.44. The lowest BCUT2D eigenvalue weighted by Crippen LogP contribution is -2.52. The number of imide groups is 1. The molecule has 0 bridgehead atoms. The summed E-state index contributed by atoms with van der Waals surface area (Å²) in [4.78, 5) is 41.1. The van der Waals surface area contributed by atoms with Crippen LogP contribution >= 0.6 is 0 Å². The Bertz CT molecular complexity index is 1140. The Morgan fingerprint density at radius 2 is 1.79 bits per heavy atom. The van der Waals surface area contributed by atoms with Crippen molar-refractivity contribution in [3.63, 3.8) is 0 Å². The third-order valence-electron chi connectivity index (χ3n) is 9.82. The van der Waals surface area contributed by atoms with Crippen LogP contribution in [-0.4, -0.2) is 64.4 Å². The van der Waals surface area contributed by atoms with Gasteiger partial charge in [-0.25, -0.2) is 0 Å². The third-order valence-corrected chi connectivity index (χ3v) is 9.82. The van der Waals surface area contributed by atoms with E-state index in [9.17, 15) is 27.6 Å². The highest BCUT2D eigenvalue weighted by molar-refractivity contribution is 6.06. The van der Waals surface area contributed by atoms with E-state index in [-0.39, 0.29) is 42.8 Å². The van der Waals surface area contributed by atoms with Gasteiger partial charge in [-0.2, -0.15) is 13.2 Å². The quantitative estimate of drug-likeness (QED) is 0.488. The number of benzene rings is 1. The molecule has 1 aromatic rings. The molecule has 2 saturated carbocycles. The number of nitrogens with zero attached hydrogens (tertiary/aromatic N) is 2. The van der Waals surface area contributed by atoms with Gasteiger partial charge in [0.1, 0.15) is 6.04 Å². The van der Waals surface area contributed by atoms with Gasteiger partial charge >= 0.3 is 6.18 Å². The van der Waals surface area contributed by atoms with E-state index in [1.807, 2.05) is 12.1 Å². The fourth-order valence-corrected chi connectivity index (χ4v) is 7.22. The fraction of sp³-hybridized carbons (Fsp3) is 0.690. The van der Waals surface area contributed by atoms with Crippen molar-refractivity contribution in [1.29, 1.82) is 0 Å². The molecule has 6 rings (SSSR count). The normalized spacial score (nSPS) is 31.9.